The van der Waals surface area contributed by atoms with Crippen LogP contribution < -0.4 is 4.74 Å². The second-order valence-electron chi connectivity index (χ2n) is 2.04. The Morgan fingerprint density at radius 1 is 1.27 bits per heavy atom. The van der Waals surface area contributed by atoms with Crippen molar-refractivity contribution in [2.75, 3.05) is 0 Å². The van der Waals surface area contributed by atoms with Gasteiger partial charge in [0.25, 0.3) is 4.74 Å². The number of aromatic nitrogens is 1. The number of para-hydroxylation sites is 1. The van der Waals surface area contributed by atoms with Crippen LogP contribution >= 0.6 is 11.5 Å². The number of H-pyrrole nitrogens is 1. The Kier molecular flexibility index (Phi) is 2.90. The van der Waals surface area contributed by atoms with E-state index in [1.165, 1.54) is 0 Å². The van der Waals surface area contributed by atoms with Crippen molar-refractivity contribution in [1.29, 1.82) is 0 Å². The molecule has 2 rings (SSSR count). The summed E-state index contributed by atoms with van der Waals surface area (Å²) in [5, 5.41) is 0.785. The molecule has 1 N–H and O–H groups in total. The summed E-state index contributed by atoms with van der Waals surface area (Å²) < 4.78 is 3.02. The van der Waals surface area contributed by atoms with Gasteiger partial charge in [0, 0.05) is 0 Å². The van der Waals surface area contributed by atoms with Gasteiger partial charge in [-0.15, -0.1) is 0 Å². The third-order valence-electron chi connectivity index (χ3n) is 1.40. The summed E-state index contributed by atoms with van der Waals surface area (Å²) in [4.78, 5) is 11.0. The van der Waals surface area contributed by atoms with E-state index >= 15 is 0 Å². The first-order valence-electron chi connectivity index (χ1n) is 2.94. The first-order valence-corrected chi connectivity index (χ1v) is 3.76. The molecule has 11 heavy (non-hydrogen) atoms. The SMILES string of the molecule is O=c1s[nH]c2ccccc12.[NaH]. The zero-order valence-electron chi connectivity index (χ0n) is 5.13. The molecule has 2 aromatic rings. The molecule has 0 saturated carbocycles. The monoisotopic (exact) mass is 175 g/mol. The van der Waals surface area contributed by atoms with E-state index in [1.54, 1.807) is 0 Å². The average Bonchev–Trinajstić information content (AvgIpc) is 2.34. The van der Waals surface area contributed by atoms with E-state index in [4.69, 9.17) is 0 Å². The Bertz CT molecular complexity index is 406. The molecule has 0 bridgehead atoms. The molecule has 0 aliphatic carbocycles. The molecule has 0 aliphatic heterocycles. The number of hydrogen-bond donors (Lipinski definition) is 1. The van der Waals surface area contributed by atoms with Crippen LogP contribution in [-0.2, 0) is 0 Å². The predicted molar refractivity (Wildman–Crippen MR) is 49.6 cm³/mol. The Morgan fingerprint density at radius 2 is 2.00 bits per heavy atom. The van der Waals surface area contributed by atoms with Gasteiger partial charge in [0.2, 0.25) is 0 Å². The second-order valence-corrected chi connectivity index (χ2v) is 2.82. The van der Waals surface area contributed by atoms with Crippen LogP contribution in [0.2, 0.25) is 0 Å². The molecule has 0 radical (unpaired) electrons. The maximum absolute atomic E-state index is 11.0. The Labute approximate surface area is 89.7 Å². The van der Waals surface area contributed by atoms with Gasteiger partial charge in [-0.1, -0.05) is 12.1 Å². The van der Waals surface area contributed by atoms with Crippen LogP contribution in [-0.4, -0.2) is 33.9 Å². The number of fused-ring (bicyclic) bond motifs is 1. The summed E-state index contributed by atoms with van der Waals surface area (Å²) in [6, 6.07) is 7.49. The summed E-state index contributed by atoms with van der Waals surface area (Å²) in [6.07, 6.45) is 0. The van der Waals surface area contributed by atoms with Crippen LogP contribution in [0.5, 0.6) is 0 Å². The van der Waals surface area contributed by atoms with Crippen LogP contribution in [0.15, 0.2) is 29.1 Å². The first-order chi connectivity index (χ1) is 4.88. The Morgan fingerprint density at radius 3 is 2.73 bits per heavy atom. The van der Waals surface area contributed by atoms with Gasteiger partial charge in [0.05, 0.1) is 10.9 Å². The molecule has 0 saturated heterocycles. The van der Waals surface area contributed by atoms with Crippen LogP contribution in [0.4, 0.5) is 0 Å². The molecule has 1 aromatic heterocycles. The van der Waals surface area contributed by atoms with Gasteiger partial charge in [-0.05, 0) is 23.7 Å². The Balaban J connectivity index is 0.000000605. The van der Waals surface area contributed by atoms with E-state index in [9.17, 15) is 4.79 Å². The van der Waals surface area contributed by atoms with Gasteiger partial charge in [-0.2, -0.15) is 0 Å². The van der Waals surface area contributed by atoms with Crippen molar-refractivity contribution in [2.45, 2.75) is 0 Å². The van der Waals surface area contributed by atoms with Gasteiger partial charge in [0.15, 0.2) is 0 Å². The summed E-state index contributed by atoms with van der Waals surface area (Å²) in [7, 11) is 0. The fourth-order valence-electron chi connectivity index (χ4n) is 0.906. The van der Waals surface area contributed by atoms with Crippen molar-refractivity contribution in [1.82, 2.24) is 4.37 Å². The van der Waals surface area contributed by atoms with E-state index in [2.05, 4.69) is 4.37 Å². The van der Waals surface area contributed by atoms with E-state index in [1.807, 2.05) is 24.3 Å². The Hall–Kier alpha value is -0.0900. The minimum absolute atomic E-state index is 0. The average molecular weight is 175 g/mol. The maximum atomic E-state index is 11.0. The molecular weight excluding hydrogens is 169 g/mol. The van der Waals surface area contributed by atoms with Crippen molar-refractivity contribution in [3.63, 3.8) is 0 Å². The molecule has 0 aliphatic rings. The van der Waals surface area contributed by atoms with Gasteiger partial charge >= 0.3 is 29.6 Å². The third kappa shape index (κ3) is 1.56. The summed E-state index contributed by atoms with van der Waals surface area (Å²) in [5.41, 5.74) is 0.928. The standard InChI is InChI=1S/C7H5NOS.Na.H/c9-7-5-3-1-2-4-6(5)8-10-7;;/h1-4,8H;;. The second kappa shape index (κ2) is 3.54. The van der Waals surface area contributed by atoms with Crippen LogP contribution in [0, 0.1) is 0 Å². The molecule has 0 spiro atoms. The normalized spacial score (nSPS) is 9.45. The van der Waals surface area contributed by atoms with Gasteiger partial charge in [0.1, 0.15) is 0 Å². The first kappa shape index (κ1) is 9.00. The van der Waals surface area contributed by atoms with Crippen molar-refractivity contribution >= 4 is 52.0 Å². The number of benzene rings is 1. The molecular formula is C7H6NNaOS. The van der Waals surface area contributed by atoms with Crippen molar-refractivity contribution < 1.29 is 0 Å². The van der Waals surface area contributed by atoms with Gasteiger partial charge < -0.3 is 4.37 Å². The zero-order chi connectivity index (χ0) is 6.97. The van der Waals surface area contributed by atoms with Crippen LogP contribution in [0.3, 0.4) is 0 Å². The van der Waals surface area contributed by atoms with Gasteiger partial charge in [-0.25, -0.2) is 0 Å². The molecule has 0 amide bonds. The van der Waals surface area contributed by atoms with Crippen molar-refractivity contribution in [3.05, 3.63) is 33.8 Å². The van der Waals surface area contributed by atoms with Crippen molar-refractivity contribution in [2.24, 2.45) is 0 Å². The summed E-state index contributed by atoms with van der Waals surface area (Å²) >= 11 is 1.14. The number of aromatic amines is 1. The molecule has 1 aromatic carbocycles. The molecule has 52 valence electrons. The third-order valence-corrected chi connectivity index (χ3v) is 2.13. The molecule has 0 atom stereocenters. The molecule has 1 heterocycles. The van der Waals surface area contributed by atoms with Crippen LogP contribution in [0.1, 0.15) is 0 Å². The van der Waals surface area contributed by atoms with Crippen LogP contribution in [0.25, 0.3) is 10.9 Å². The molecule has 0 fully saturated rings. The topological polar surface area (TPSA) is 32.9 Å². The zero-order valence-corrected chi connectivity index (χ0v) is 5.94. The van der Waals surface area contributed by atoms with E-state index in [0.29, 0.717) is 0 Å². The fourth-order valence-corrected chi connectivity index (χ4v) is 1.58. The molecule has 2 nitrogen and oxygen atoms in total. The molecule has 4 heteroatoms. The summed E-state index contributed by atoms with van der Waals surface area (Å²) in [6.45, 7) is 0. The van der Waals surface area contributed by atoms with Crippen molar-refractivity contribution in [3.8, 4) is 0 Å². The summed E-state index contributed by atoms with van der Waals surface area (Å²) in [5.74, 6) is 0. The quantitative estimate of drug-likeness (QED) is 0.594. The minimum atomic E-state index is 0. The predicted octanol–water partition coefficient (Wildman–Crippen LogP) is 0.941. The molecule has 0 unspecified atom stereocenters. The number of rotatable bonds is 0. The van der Waals surface area contributed by atoms with E-state index < -0.39 is 0 Å². The number of hydrogen-bond acceptors (Lipinski definition) is 2. The van der Waals surface area contributed by atoms with Gasteiger partial charge in [-0.3, -0.25) is 4.79 Å². The fraction of sp³-hybridized carbons (Fsp3) is 0. The van der Waals surface area contributed by atoms with E-state index in [-0.39, 0.29) is 34.3 Å². The van der Waals surface area contributed by atoms with E-state index in [0.717, 1.165) is 22.4 Å². The number of nitrogens with one attached hydrogen (secondary N) is 1.